The summed E-state index contributed by atoms with van der Waals surface area (Å²) in [7, 11) is -0.803. The number of carbonyl (C=O) groups excluding carboxylic acids is 1. The Morgan fingerprint density at radius 3 is 3.11 bits per heavy atom. The lowest BCUT2D eigenvalue weighted by molar-refractivity contribution is 0.0954. The molecule has 2 N–H and O–H groups in total. The fourth-order valence-corrected chi connectivity index (χ4v) is 2.21. The van der Waals surface area contributed by atoms with E-state index in [1.165, 1.54) is 0 Å². The lowest BCUT2D eigenvalue weighted by Gasteiger charge is -2.04. The zero-order valence-corrected chi connectivity index (χ0v) is 10.9. The molecule has 18 heavy (non-hydrogen) atoms. The largest absolute Gasteiger partial charge is 0.352 e. The van der Waals surface area contributed by atoms with Crippen LogP contribution >= 0.6 is 0 Å². The van der Waals surface area contributed by atoms with Gasteiger partial charge in [0.1, 0.15) is 0 Å². The zero-order chi connectivity index (χ0) is 13.0. The predicted octanol–water partition coefficient (Wildman–Crippen LogP) is 1.06. The first-order valence-electron chi connectivity index (χ1n) is 5.68. The Labute approximate surface area is 107 Å². The van der Waals surface area contributed by atoms with E-state index in [0.29, 0.717) is 17.9 Å². The number of aromatic amines is 1. The average molecular weight is 265 g/mol. The van der Waals surface area contributed by atoms with Gasteiger partial charge in [0.15, 0.2) is 0 Å². The average Bonchev–Trinajstić information content (AvgIpc) is 2.81. The highest BCUT2D eigenvalue weighted by Crippen LogP contribution is 2.12. The molecule has 0 aliphatic carbocycles. The maximum atomic E-state index is 11.8. The molecule has 2 rings (SSSR count). The highest BCUT2D eigenvalue weighted by molar-refractivity contribution is 7.84. The minimum absolute atomic E-state index is 0.117. The molecule has 1 aromatic carbocycles. The Hall–Kier alpha value is -1.69. The quantitative estimate of drug-likeness (QED) is 0.794. The molecule has 1 atom stereocenters. The molecule has 0 aliphatic heterocycles. The van der Waals surface area contributed by atoms with Crippen LogP contribution in [0.5, 0.6) is 0 Å². The molecular formula is C12H15N3O2S. The summed E-state index contributed by atoms with van der Waals surface area (Å²) < 4.78 is 10.9. The molecule has 6 heteroatoms. The van der Waals surface area contributed by atoms with Crippen molar-refractivity contribution in [3.05, 3.63) is 30.0 Å². The number of nitrogens with zero attached hydrogens (tertiary/aromatic N) is 1. The zero-order valence-electron chi connectivity index (χ0n) is 10.1. The minimum atomic E-state index is -0.803. The normalized spacial score (nSPS) is 12.5. The monoisotopic (exact) mass is 265 g/mol. The van der Waals surface area contributed by atoms with Gasteiger partial charge in [-0.15, -0.1) is 0 Å². The number of hydrogen-bond acceptors (Lipinski definition) is 3. The SMILES string of the molecule is CS(=O)CCCNC(=O)c1ccc2cn[nH]c2c1. The third-order valence-corrected chi connectivity index (χ3v) is 3.46. The van der Waals surface area contributed by atoms with Crippen molar-refractivity contribution >= 4 is 27.6 Å². The number of carbonyl (C=O) groups is 1. The van der Waals surface area contributed by atoms with Crippen molar-refractivity contribution < 1.29 is 9.00 Å². The molecular weight excluding hydrogens is 250 g/mol. The van der Waals surface area contributed by atoms with Crippen LogP contribution in [0.4, 0.5) is 0 Å². The fraction of sp³-hybridized carbons (Fsp3) is 0.333. The van der Waals surface area contributed by atoms with Crippen LogP contribution in [-0.4, -0.2) is 38.9 Å². The van der Waals surface area contributed by atoms with E-state index >= 15 is 0 Å². The summed E-state index contributed by atoms with van der Waals surface area (Å²) in [6, 6.07) is 5.40. The van der Waals surface area contributed by atoms with E-state index in [1.807, 2.05) is 6.07 Å². The van der Waals surface area contributed by atoms with Gasteiger partial charge in [0.2, 0.25) is 0 Å². The second-order valence-electron chi connectivity index (χ2n) is 4.06. The van der Waals surface area contributed by atoms with Gasteiger partial charge in [-0.05, 0) is 18.6 Å². The number of aromatic nitrogens is 2. The summed E-state index contributed by atoms with van der Waals surface area (Å²) in [6.07, 6.45) is 4.10. The van der Waals surface area contributed by atoms with Gasteiger partial charge >= 0.3 is 0 Å². The van der Waals surface area contributed by atoms with Crippen molar-refractivity contribution in [2.24, 2.45) is 0 Å². The first-order chi connectivity index (χ1) is 8.66. The number of fused-ring (bicyclic) bond motifs is 1. The van der Waals surface area contributed by atoms with Crippen LogP contribution in [0, 0.1) is 0 Å². The van der Waals surface area contributed by atoms with E-state index in [0.717, 1.165) is 17.3 Å². The Morgan fingerprint density at radius 1 is 1.50 bits per heavy atom. The van der Waals surface area contributed by atoms with Crippen LogP contribution in [0.1, 0.15) is 16.8 Å². The molecule has 0 fully saturated rings. The van der Waals surface area contributed by atoms with E-state index in [1.54, 1.807) is 24.6 Å². The molecule has 0 saturated heterocycles. The summed E-state index contributed by atoms with van der Waals surface area (Å²) in [6.45, 7) is 0.541. The third kappa shape index (κ3) is 3.16. The maximum absolute atomic E-state index is 11.8. The number of nitrogens with one attached hydrogen (secondary N) is 2. The third-order valence-electron chi connectivity index (χ3n) is 2.60. The Bertz CT molecular complexity index is 579. The summed E-state index contributed by atoms with van der Waals surface area (Å²) in [5.74, 6) is 0.494. The molecule has 1 unspecified atom stereocenters. The molecule has 0 spiro atoms. The summed E-state index contributed by atoms with van der Waals surface area (Å²) >= 11 is 0. The van der Waals surface area contributed by atoms with Gasteiger partial charge in [-0.3, -0.25) is 14.1 Å². The minimum Gasteiger partial charge on any atom is -0.352 e. The Morgan fingerprint density at radius 2 is 2.33 bits per heavy atom. The number of hydrogen-bond donors (Lipinski definition) is 2. The lowest BCUT2D eigenvalue weighted by Crippen LogP contribution is -2.25. The van der Waals surface area contributed by atoms with Gasteiger partial charge in [0.25, 0.3) is 5.91 Å². The molecule has 0 bridgehead atoms. The van der Waals surface area contributed by atoms with E-state index < -0.39 is 10.8 Å². The van der Waals surface area contributed by atoms with Crippen LogP contribution in [0.25, 0.3) is 10.9 Å². The fourth-order valence-electron chi connectivity index (χ4n) is 1.66. The van der Waals surface area contributed by atoms with Gasteiger partial charge in [-0.1, -0.05) is 6.07 Å². The summed E-state index contributed by atoms with van der Waals surface area (Å²) in [5.41, 5.74) is 1.45. The van der Waals surface area contributed by atoms with Crippen LogP contribution in [0.3, 0.4) is 0 Å². The topological polar surface area (TPSA) is 74.8 Å². The van der Waals surface area contributed by atoms with Crippen molar-refractivity contribution in [2.45, 2.75) is 6.42 Å². The predicted molar refractivity (Wildman–Crippen MR) is 72.0 cm³/mol. The van der Waals surface area contributed by atoms with E-state index in [9.17, 15) is 9.00 Å². The van der Waals surface area contributed by atoms with Gasteiger partial charge < -0.3 is 5.32 Å². The van der Waals surface area contributed by atoms with Gasteiger partial charge in [-0.2, -0.15) is 5.10 Å². The molecule has 0 aliphatic rings. The van der Waals surface area contributed by atoms with E-state index in [4.69, 9.17) is 0 Å². The first-order valence-corrected chi connectivity index (χ1v) is 7.41. The van der Waals surface area contributed by atoms with Crippen molar-refractivity contribution in [3.63, 3.8) is 0 Å². The first kappa shape index (κ1) is 12.8. The summed E-state index contributed by atoms with van der Waals surface area (Å²) in [4.78, 5) is 11.8. The van der Waals surface area contributed by atoms with Gasteiger partial charge in [0, 0.05) is 40.3 Å². The van der Waals surface area contributed by atoms with Crippen molar-refractivity contribution in [2.75, 3.05) is 18.6 Å². The van der Waals surface area contributed by atoms with Gasteiger partial charge in [-0.25, -0.2) is 0 Å². The lowest BCUT2D eigenvalue weighted by atomic mass is 10.1. The van der Waals surface area contributed by atoms with Crippen molar-refractivity contribution in [3.8, 4) is 0 Å². The molecule has 0 radical (unpaired) electrons. The smallest absolute Gasteiger partial charge is 0.251 e. The molecule has 1 heterocycles. The highest BCUT2D eigenvalue weighted by atomic mass is 32.2. The molecule has 0 saturated carbocycles. The Balaban J connectivity index is 1.93. The van der Waals surface area contributed by atoms with E-state index in [-0.39, 0.29) is 5.91 Å². The molecule has 2 aromatic rings. The second kappa shape index (κ2) is 5.77. The number of amides is 1. The Kier molecular flexibility index (Phi) is 4.09. The molecule has 5 nitrogen and oxygen atoms in total. The van der Waals surface area contributed by atoms with E-state index in [2.05, 4.69) is 15.5 Å². The number of rotatable bonds is 5. The second-order valence-corrected chi connectivity index (χ2v) is 5.61. The number of benzene rings is 1. The van der Waals surface area contributed by atoms with Crippen molar-refractivity contribution in [1.29, 1.82) is 0 Å². The van der Waals surface area contributed by atoms with Crippen LogP contribution in [-0.2, 0) is 10.8 Å². The van der Waals surface area contributed by atoms with Gasteiger partial charge in [0.05, 0.1) is 11.7 Å². The van der Waals surface area contributed by atoms with Crippen LogP contribution in [0.2, 0.25) is 0 Å². The number of H-pyrrole nitrogens is 1. The molecule has 1 amide bonds. The summed E-state index contributed by atoms with van der Waals surface area (Å²) in [5, 5.41) is 10.5. The molecule has 1 aromatic heterocycles. The van der Waals surface area contributed by atoms with Crippen LogP contribution in [0.15, 0.2) is 24.4 Å². The van der Waals surface area contributed by atoms with Crippen LogP contribution < -0.4 is 5.32 Å². The highest BCUT2D eigenvalue weighted by Gasteiger charge is 2.06. The molecule has 96 valence electrons. The standard InChI is InChI=1S/C12H15N3O2S/c1-18(17)6-2-5-13-12(16)9-3-4-10-8-14-15-11(10)7-9/h3-4,7-8H,2,5-6H2,1H3,(H,13,16)(H,14,15). The maximum Gasteiger partial charge on any atom is 0.251 e. The van der Waals surface area contributed by atoms with Crippen molar-refractivity contribution in [1.82, 2.24) is 15.5 Å².